The number of allylic oxidation sites excluding steroid dienone is 3. The van der Waals surface area contributed by atoms with Crippen molar-refractivity contribution in [1.82, 2.24) is 5.32 Å². The summed E-state index contributed by atoms with van der Waals surface area (Å²) in [6.45, 7) is 3.71. The molecule has 0 aliphatic heterocycles. The Kier molecular flexibility index (Phi) is 8.43. The van der Waals surface area contributed by atoms with Crippen LogP contribution < -0.4 is 5.32 Å². The summed E-state index contributed by atoms with van der Waals surface area (Å²) in [4.78, 5) is 22.7. The standard InChI is InChI=1S/C18H21NO4S/c1-13(5-3-6-15-7-4-8-16(21)11-15)17(22)12-18(24)23-10-9-19-14(2)20/h3-8,11,21H,9-10,12H2,1-2H3,(H,19,20)/b6-3+,13-5+. The topological polar surface area (TPSA) is 75.6 Å². The van der Waals surface area contributed by atoms with E-state index < -0.39 is 0 Å². The van der Waals surface area contributed by atoms with E-state index in [1.165, 1.54) is 6.92 Å². The minimum Gasteiger partial charge on any atom is -0.508 e. The molecule has 0 spiro atoms. The lowest BCUT2D eigenvalue weighted by atomic mass is 10.1. The number of rotatable bonds is 8. The number of phenolic OH excluding ortho intramolecular Hbond substituents is 1. The average molecular weight is 347 g/mol. The van der Waals surface area contributed by atoms with Gasteiger partial charge in [-0.2, -0.15) is 0 Å². The molecule has 6 heteroatoms. The molecule has 5 nitrogen and oxygen atoms in total. The van der Waals surface area contributed by atoms with E-state index in [1.54, 1.807) is 43.4 Å². The van der Waals surface area contributed by atoms with Crippen LogP contribution in [0.15, 0.2) is 42.0 Å². The minimum atomic E-state index is -0.141. The largest absolute Gasteiger partial charge is 0.508 e. The molecule has 0 heterocycles. The first kappa shape index (κ1) is 19.6. The Bertz CT molecular complexity index is 665. The maximum absolute atomic E-state index is 12.0. The molecule has 0 saturated heterocycles. The number of ether oxygens (including phenoxy) is 1. The molecule has 0 atom stereocenters. The number of nitrogens with one attached hydrogen (secondary N) is 1. The molecule has 1 aromatic rings. The van der Waals surface area contributed by atoms with Gasteiger partial charge >= 0.3 is 0 Å². The van der Waals surface area contributed by atoms with Crippen LogP contribution in [0, 0.1) is 0 Å². The molecule has 128 valence electrons. The van der Waals surface area contributed by atoms with Crippen molar-refractivity contribution in [3.8, 4) is 5.75 Å². The molecule has 0 fully saturated rings. The van der Waals surface area contributed by atoms with Crippen molar-refractivity contribution in [1.29, 1.82) is 0 Å². The number of amides is 1. The van der Waals surface area contributed by atoms with Gasteiger partial charge in [0.1, 0.15) is 12.4 Å². The minimum absolute atomic E-state index is 0.0255. The molecule has 0 aliphatic rings. The Balaban J connectivity index is 2.43. The van der Waals surface area contributed by atoms with Crippen LogP contribution in [0.1, 0.15) is 25.8 Å². The van der Waals surface area contributed by atoms with Gasteiger partial charge in [0.05, 0.1) is 13.0 Å². The Morgan fingerprint density at radius 1 is 1.33 bits per heavy atom. The van der Waals surface area contributed by atoms with Crippen molar-refractivity contribution in [2.24, 2.45) is 0 Å². The first-order valence-electron chi connectivity index (χ1n) is 7.45. The summed E-state index contributed by atoms with van der Waals surface area (Å²) < 4.78 is 5.22. The summed E-state index contributed by atoms with van der Waals surface area (Å²) in [5, 5.41) is 12.2. The Hall–Kier alpha value is -2.47. The van der Waals surface area contributed by atoms with E-state index in [0.29, 0.717) is 12.1 Å². The first-order chi connectivity index (χ1) is 11.4. The molecule has 1 amide bonds. The quantitative estimate of drug-likeness (QED) is 0.327. The van der Waals surface area contributed by atoms with Crippen molar-refractivity contribution in [3.05, 3.63) is 47.6 Å². The lowest BCUT2D eigenvalue weighted by Gasteiger charge is -2.07. The number of thiocarbonyl (C=S) groups is 1. The fourth-order valence-corrected chi connectivity index (χ4v) is 1.95. The number of ketones is 1. The third kappa shape index (κ3) is 8.24. The van der Waals surface area contributed by atoms with Crippen LogP contribution in [0.5, 0.6) is 5.75 Å². The molecule has 0 aromatic heterocycles. The second-order valence-electron chi connectivity index (χ2n) is 5.11. The molecule has 2 N–H and O–H groups in total. The van der Waals surface area contributed by atoms with Gasteiger partial charge in [-0.15, -0.1) is 0 Å². The number of benzene rings is 1. The second-order valence-corrected chi connectivity index (χ2v) is 5.56. The van der Waals surface area contributed by atoms with Crippen molar-refractivity contribution in [2.45, 2.75) is 20.3 Å². The van der Waals surface area contributed by atoms with Crippen molar-refractivity contribution in [2.75, 3.05) is 13.2 Å². The lowest BCUT2D eigenvalue weighted by Crippen LogP contribution is -2.25. The van der Waals surface area contributed by atoms with Gasteiger partial charge in [-0.05, 0) is 42.4 Å². The monoisotopic (exact) mass is 347 g/mol. The summed E-state index contributed by atoms with van der Waals surface area (Å²) in [5.41, 5.74) is 1.39. The maximum Gasteiger partial charge on any atom is 0.216 e. The maximum atomic E-state index is 12.0. The normalized spacial score (nSPS) is 11.3. The van der Waals surface area contributed by atoms with Gasteiger partial charge < -0.3 is 15.2 Å². The summed E-state index contributed by atoms with van der Waals surface area (Å²) in [6.07, 6.45) is 5.24. The summed E-state index contributed by atoms with van der Waals surface area (Å²) >= 11 is 5.00. The van der Waals surface area contributed by atoms with Gasteiger partial charge in [0.2, 0.25) is 5.91 Å². The van der Waals surface area contributed by atoms with Crippen LogP contribution in [0.25, 0.3) is 6.08 Å². The first-order valence-corrected chi connectivity index (χ1v) is 7.86. The van der Waals surface area contributed by atoms with Crippen molar-refractivity contribution < 1.29 is 19.4 Å². The smallest absolute Gasteiger partial charge is 0.216 e. The van der Waals surface area contributed by atoms with Crippen LogP contribution in [-0.4, -0.2) is 35.0 Å². The van der Waals surface area contributed by atoms with E-state index in [0.717, 1.165) is 5.56 Å². The highest BCUT2D eigenvalue weighted by Crippen LogP contribution is 2.12. The van der Waals surface area contributed by atoms with Crippen molar-refractivity contribution in [3.63, 3.8) is 0 Å². The number of hydrogen-bond donors (Lipinski definition) is 2. The zero-order valence-electron chi connectivity index (χ0n) is 13.7. The third-order valence-corrected chi connectivity index (χ3v) is 3.25. The number of carbonyl (C=O) groups excluding carboxylic acids is 2. The van der Waals surface area contributed by atoms with Crippen LogP contribution in [0.4, 0.5) is 0 Å². The van der Waals surface area contributed by atoms with Gasteiger partial charge in [0, 0.05) is 6.92 Å². The highest BCUT2D eigenvalue weighted by molar-refractivity contribution is 7.80. The molecular formula is C18H21NO4S. The molecule has 0 unspecified atom stereocenters. The fourth-order valence-electron chi connectivity index (χ4n) is 1.74. The van der Waals surface area contributed by atoms with Gasteiger partial charge in [-0.25, -0.2) is 0 Å². The number of phenols is 1. The Labute approximate surface area is 147 Å². The fraction of sp³-hybridized carbons (Fsp3) is 0.278. The van der Waals surface area contributed by atoms with Gasteiger partial charge in [0.25, 0.3) is 0 Å². The zero-order valence-corrected chi connectivity index (χ0v) is 14.6. The van der Waals surface area contributed by atoms with Gasteiger partial charge in [-0.3, -0.25) is 9.59 Å². The number of aromatic hydroxyl groups is 1. The molecule has 0 aliphatic carbocycles. The molecular weight excluding hydrogens is 326 g/mol. The van der Waals surface area contributed by atoms with Gasteiger partial charge in [0.15, 0.2) is 10.8 Å². The predicted molar refractivity (Wildman–Crippen MR) is 97.8 cm³/mol. The van der Waals surface area contributed by atoms with E-state index in [1.807, 2.05) is 6.07 Å². The molecule has 0 radical (unpaired) electrons. The van der Waals surface area contributed by atoms with E-state index >= 15 is 0 Å². The summed E-state index contributed by atoms with van der Waals surface area (Å²) in [5.74, 6) is -0.0753. The second kappa shape index (κ2) is 10.3. The molecule has 1 aromatic carbocycles. The number of carbonyl (C=O) groups is 2. The Morgan fingerprint density at radius 2 is 2.08 bits per heavy atom. The highest BCUT2D eigenvalue weighted by Gasteiger charge is 2.08. The van der Waals surface area contributed by atoms with Crippen LogP contribution in [0.2, 0.25) is 0 Å². The lowest BCUT2D eigenvalue weighted by molar-refractivity contribution is -0.119. The summed E-state index contributed by atoms with van der Waals surface area (Å²) in [7, 11) is 0. The molecule has 24 heavy (non-hydrogen) atoms. The third-order valence-electron chi connectivity index (χ3n) is 2.99. The Morgan fingerprint density at radius 3 is 2.75 bits per heavy atom. The van der Waals surface area contributed by atoms with Crippen LogP contribution in [0.3, 0.4) is 0 Å². The van der Waals surface area contributed by atoms with E-state index in [-0.39, 0.29) is 35.5 Å². The van der Waals surface area contributed by atoms with Gasteiger partial charge in [-0.1, -0.05) is 30.4 Å². The predicted octanol–water partition coefficient (Wildman–Crippen LogP) is 2.79. The molecule has 0 bridgehead atoms. The van der Waals surface area contributed by atoms with Crippen LogP contribution >= 0.6 is 12.2 Å². The number of hydrogen-bond acceptors (Lipinski definition) is 5. The van der Waals surface area contributed by atoms with Crippen LogP contribution in [-0.2, 0) is 14.3 Å². The number of Topliss-reactive ketones (excluding diaryl/α,β-unsaturated/α-hetero) is 1. The highest BCUT2D eigenvalue weighted by atomic mass is 32.1. The summed E-state index contributed by atoms with van der Waals surface area (Å²) in [6, 6.07) is 6.81. The van der Waals surface area contributed by atoms with E-state index in [2.05, 4.69) is 5.32 Å². The van der Waals surface area contributed by atoms with E-state index in [9.17, 15) is 14.7 Å². The SMILES string of the molecule is CC(=O)NCCOC(=S)CC(=O)/C(C)=C/C=C/c1cccc(O)c1. The zero-order chi connectivity index (χ0) is 17.9. The average Bonchev–Trinajstić information content (AvgIpc) is 2.51. The molecule has 0 saturated carbocycles. The molecule has 1 rings (SSSR count). The van der Waals surface area contributed by atoms with Crippen molar-refractivity contribution >= 4 is 35.0 Å². The van der Waals surface area contributed by atoms with E-state index in [4.69, 9.17) is 17.0 Å².